The summed E-state index contributed by atoms with van der Waals surface area (Å²) in [5.41, 5.74) is 1.96. The van der Waals surface area contributed by atoms with Crippen molar-refractivity contribution in [2.45, 2.75) is 46.7 Å². The first-order chi connectivity index (χ1) is 14.0. The van der Waals surface area contributed by atoms with Crippen LogP contribution < -0.4 is 9.47 Å². The Labute approximate surface area is 180 Å². The molecule has 1 aliphatic carbocycles. The normalized spacial score (nSPS) is 26.0. The number of amides is 1. The Bertz CT molecular complexity index is 946. The molecule has 2 fully saturated rings. The molecule has 0 unspecified atom stereocenters. The summed E-state index contributed by atoms with van der Waals surface area (Å²) < 4.78 is 35.0. The third-order valence-electron chi connectivity index (χ3n) is 6.42. The SMILES string of the molecule is COc1ccc(CN(C(=O)[C@@H]2[C@@H](C=C(C)C)C2(C)C)[C@H]2CCS(=O)(=O)C2)cc1OC. The first-order valence-corrected chi connectivity index (χ1v) is 12.2. The molecule has 1 aromatic rings. The molecule has 0 aromatic heterocycles. The van der Waals surface area contributed by atoms with Crippen LogP contribution in [0.5, 0.6) is 11.5 Å². The van der Waals surface area contributed by atoms with Gasteiger partial charge in [0.05, 0.1) is 31.6 Å². The van der Waals surface area contributed by atoms with E-state index in [2.05, 4.69) is 19.9 Å². The zero-order valence-corrected chi connectivity index (χ0v) is 19.6. The summed E-state index contributed by atoms with van der Waals surface area (Å²) in [6, 6.07) is 5.28. The predicted molar refractivity (Wildman–Crippen MR) is 117 cm³/mol. The Morgan fingerprint density at radius 2 is 1.87 bits per heavy atom. The second-order valence-electron chi connectivity index (χ2n) is 9.28. The van der Waals surface area contributed by atoms with Gasteiger partial charge in [0.1, 0.15) is 0 Å². The molecule has 1 aromatic carbocycles. The lowest BCUT2D eigenvalue weighted by Gasteiger charge is -2.29. The third-order valence-corrected chi connectivity index (χ3v) is 8.17. The highest BCUT2D eigenvalue weighted by atomic mass is 32.2. The van der Waals surface area contributed by atoms with Gasteiger partial charge in [-0.15, -0.1) is 0 Å². The van der Waals surface area contributed by atoms with Crippen molar-refractivity contribution < 1.29 is 22.7 Å². The van der Waals surface area contributed by atoms with Crippen molar-refractivity contribution >= 4 is 15.7 Å². The Morgan fingerprint density at radius 3 is 2.40 bits per heavy atom. The van der Waals surface area contributed by atoms with Crippen molar-refractivity contribution in [3.63, 3.8) is 0 Å². The van der Waals surface area contributed by atoms with E-state index in [1.54, 1.807) is 19.1 Å². The first-order valence-electron chi connectivity index (χ1n) is 10.4. The molecule has 1 heterocycles. The van der Waals surface area contributed by atoms with E-state index >= 15 is 0 Å². The maximum Gasteiger partial charge on any atom is 0.227 e. The quantitative estimate of drug-likeness (QED) is 0.614. The van der Waals surface area contributed by atoms with Gasteiger partial charge in [-0.05, 0) is 49.3 Å². The predicted octanol–water partition coefficient (Wildman–Crippen LogP) is 3.46. The molecule has 3 rings (SSSR count). The van der Waals surface area contributed by atoms with E-state index in [9.17, 15) is 13.2 Å². The maximum atomic E-state index is 13.6. The molecule has 166 valence electrons. The van der Waals surface area contributed by atoms with Crippen LogP contribution in [-0.2, 0) is 21.2 Å². The molecule has 30 heavy (non-hydrogen) atoms. The highest BCUT2D eigenvalue weighted by Gasteiger charge is 2.61. The summed E-state index contributed by atoms with van der Waals surface area (Å²) in [6.45, 7) is 8.66. The van der Waals surface area contributed by atoms with Gasteiger partial charge in [-0.2, -0.15) is 0 Å². The molecule has 0 N–H and O–H groups in total. The highest BCUT2D eigenvalue weighted by molar-refractivity contribution is 7.91. The van der Waals surface area contributed by atoms with Crippen molar-refractivity contribution in [3.05, 3.63) is 35.4 Å². The molecule has 1 saturated carbocycles. The number of ether oxygens (including phenoxy) is 2. The van der Waals surface area contributed by atoms with Crippen LogP contribution >= 0.6 is 0 Å². The average molecular weight is 436 g/mol. The number of carbonyl (C=O) groups is 1. The summed E-state index contributed by atoms with van der Waals surface area (Å²) in [7, 11) is 0.0460. The van der Waals surface area contributed by atoms with Gasteiger partial charge in [0.25, 0.3) is 0 Å². The minimum atomic E-state index is -3.11. The van der Waals surface area contributed by atoms with Crippen molar-refractivity contribution in [1.82, 2.24) is 4.90 Å². The standard InChI is InChI=1S/C23H33NO5S/c1-15(2)11-18-21(23(18,3)4)22(25)24(17-9-10-30(26,27)14-17)13-16-7-8-19(28-5)20(12-16)29-6/h7-8,11-12,17-18,21H,9-10,13-14H2,1-6H3/t17-,18+,21-/m0/s1. The van der Waals surface area contributed by atoms with Gasteiger partial charge in [0.2, 0.25) is 5.91 Å². The Kier molecular flexibility index (Phi) is 6.23. The summed E-state index contributed by atoms with van der Waals surface area (Å²) in [4.78, 5) is 15.4. The van der Waals surface area contributed by atoms with E-state index in [0.717, 1.165) is 5.56 Å². The van der Waals surface area contributed by atoms with E-state index in [4.69, 9.17) is 9.47 Å². The summed E-state index contributed by atoms with van der Waals surface area (Å²) in [6.07, 6.45) is 2.66. The van der Waals surface area contributed by atoms with Gasteiger partial charge < -0.3 is 14.4 Å². The lowest BCUT2D eigenvalue weighted by Crippen LogP contribution is -2.42. The molecule has 6 nitrogen and oxygen atoms in total. The smallest absolute Gasteiger partial charge is 0.227 e. The van der Waals surface area contributed by atoms with E-state index in [-0.39, 0.29) is 40.7 Å². The topological polar surface area (TPSA) is 72.9 Å². The van der Waals surface area contributed by atoms with Crippen molar-refractivity contribution in [3.8, 4) is 11.5 Å². The zero-order valence-electron chi connectivity index (χ0n) is 18.8. The molecule has 1 amide bonds. The van der Waals surface area contributed by atoms with Crippen LogP contribution in [0.3, 0.4) is 0 Å². The second-order valence-corrected chi connectivity index (χ2v) is 11.5. The summed E-state index contributed by atoms with van der Waals surface area (Å²) >= 11 is 0. The molecule has 3 atom stereocenters. The lowest BCUT2D eigenvalue weighted by molar-refractivity contribution is -0.136. The lowest BCUT2D eigenvalue weighted by atomic mass is 10.1. The number of hydrogen-bond acceptors (Lipinski definition) is 5. The molecule has 2 aliphatic rings. The van der Waals surface area contributed by atoms with Crippen LogP contribution in [0.25, 0.3) is 0 Å². The van der Waals surface area contributed by atoms with E-state index in [1.807, 2.05) is 32.0 Å². The molecule has 1 saturated heterocycles. The number of benzene rings is 1. The monoisotopic (exact) mass is 435 g/mol. The van der Waals surface area contributed by atoms with Gasteiger partial charge in [-0.3, -0.25) is 4.79 Å². The van der Waals surface area contributed by atoms with E-state index in [0.29, 0.717) is 24.5 Å². The minimum Gasteiger partial charge on any atom is -0.493 e. The fraction of sp³-hybridized carbons (Fsp3) is 0.609. The molecule has 0 radical (unpaired) electrons. The number of sulfone groups is 1. The molecule has 0 bridgehead atoms. The maximum absolute atomic E-state index is 13.6. The summed E-state index contributed by atoms with van der Waals surface area (Å²) in [5.74, 6) is 1.48. The summed E-state index contributed by atoms with van der Waals surface area (Å²) in [5, 5.41) is 0. The van der Waals surface area contributed by atoms with Crippen LogP contribution in [0.1, 0.15) is 39.7 Å². The highest BCUT2D eigenvalue weighted by Crippen LogP contribution is 2.60. The Hall–Kier alpha value is -2.02. The van der Waals surface area contributed by atoms with E-state index in [1.165, 1.54) is 5.57 Å². The molecular weight excluding hydrogens is 402 g/mol. The molecular formula is C23H33NO5S. The largest absolute Gasteiger partial charge is 0.493 e. The Morgan fingerprint density at radius 1 is 1.20 bits per heavy atom. The number of rotatable bonds is 7. The van der Waals surface area contributed by atoms with Crippen molar-refractivity contribution in [2.24, 2.45) is 17.3 Å². The number of hydrogen-bond donors (Lipinski definition) is 0. The van der Waals surface area contributed by atoms with Gasteiger partial charge >= 0.3 is 0 Å². The van der Waals surface area contributed by atoms with Crippen LogP contribution in [0.4, 0.5) is 0 Å². The van der Waals surface area contributed by atoms with Gasteiger partial charge in [0, 0.05) is 12.6 Å². The molecule has 0 spiro atoms. The number of nitrogens with zero attached hydrogens (tertiary/aromatic N) is 1. The third kappa shape index (κ3) is 4.51. The van der Waals surface area contributed by atoms with E-state index < -0.39 is 9.84 Å². The number of allylic oxidation sites excluding steroid dienone is 2. The van der Waals surface area contributed by atoms with Gasteiger partial charge in [-0.1, -0.05) is 31.6 Å². The van der Waals surface area contributed by atoms with Crippen LogP contribution in [0.2, 0.25) is 0 Å². The van der Waals surface area contributed by atoms with Crippen LogP contribution in [-0.4, -0.2) is 51.0 Å². The fourth-order valence-electron chi connectivity index (χ4n) is 4.58. The van der Waals surface area contributed by atoms with Gasteiger partial charge in [0.15, 0.2) is 21.3 Å². The Balaban J connectivity index is 1.90. The molecule has 7 heteroatoms. The van der Waals surface area contributed by atoms with Gasteiger partial charge in [-0.25, -0.2) is 8.42 Å². The van der Waals surface area contributed by atoms with Crippen molar-refractivity contribution in [1.29, 1.82) is 0 Å². The molecule has 1 aliphatic heterocycles. The van der Waals surface area contributed by atoms with Crippen LogP contribution in [0, 0.1) is 17.3 Å². The average Bonchev–Trinajstić information content (AvgIpc) is 3.00. The fourth-order valence-corrected chi connectivity index (χ4v) is 6.31. The minimum absolute atomic E-state index is 0.0342. The first kappa shape index (κ1) is 22.7. The van der Waals surface area contributed by atoms with Crippen LogP contribution in [0.15, 0.2) is 29.8 Å². The zero-order chi connectivity index (χ0) is 22.3. The number of methoxy groups -OCH3 is 2. The second kappa shape index (κ2) is 8.25. The van der Waals surface area contributed by atoms with Crippen molar-refractivity contribution in [2.75, 3.05) is 25.7 Å². The number of carbonyl (C=O) groups excluding carboxylic acids is 1.